The maximum absolute atomic E-state index is 12.2. The number of furan rings is 1. The van der Waals surface area contributed by atoms with Crippen LogP contribution >= 0.6 is 11.3 Å². The van der Waals surface area contributed by atoms with Crippen molar-refractivity contribution < 1.29 is 13.9 Å². The summed E-state index contributed by atoms with van der Waals surface area (Å²) >= 11 is 1.31. The fraction of sp³-hybridized carbons (Fsp3) is 0.400. The van der Waals surface area contributed by atoms with E-state index in [4.69, 9.17) is 14.9 Å². The zero-order valence-corrected chi connectivity index (χ0v) is 13.2. The molecular weight excluding hydrogens is 274 g/mol. The van der Waals surface area contributed by atoms with Gasteiger partial charge in [0.2, 0.25) is 0 Å². The van der Waals surface area contributed by atoms with E-state index in [0.29, 0.717) is 10.6 Å². The van der Waals surface area contributed by atoms with Crippen LogP contribution in [0, 0.1) is 13.8 Å². The first-order valence-electron chi connectivity index (χ1n) is 6.37. The van der Waals surface area contributed by atoms with Crippen molar-refractivity contribution in [2.45, 2.75) is 40.2 Å². The molecule has 0 saturated heterocycles. The molecule has 0 amide bonds. The lowest BCUT2D eigenvalue weighted by molar-refractivity contribution is 0.00763. The van der Waals surface area contributed by atoms with Crippen LogP contribution in [0.25, 0.3) is 10.6 Å². The van der Waals surface area contributed by atoms with Gasteiger partial charge in [-0.1, -0.05) is 0 Å². The standard InChI is InChI=1S/C15H19NO3S/c1-8-6-7-18-11(8)12-9(2)10(16)13(20-12)14(17)19-15(3,4)5/h6-7H,16H2,1-5H3. The van der Waals surface area contributed by atoms with Crippen molar-refractivity contribution >= 4 is 23.0 Å². The molecule has 2 heterocycles. The molecule has 2 aromatic heterocycles. The van der Waals surface area contributed by atoms with E-state index in [2.05, 4.69) is 0 Å². The Bertz CT molecular complexity index is 647. The van der Waals surface area contributed by atoms with Gasteiger partial charge in [-0.25, -0.2) is 4.79 Å². The third-order valence-corrected chi connectivity index (χ3v) is 4.13. The lowest BCUT2D eigenvalue weighted by Gasteiger charge is -2.19. The van der Waals surface area contributed by atoms with E-state index in [1.54, 1.807) is 6.26 Å². The van der Waals surface area contributed by atoms with Crippen molar-refractivity contribution in [3.8, 4) is 10.6 Å². The number of ether oxygens (including phenoxy) is 1. The number of carbonyl (C=O) groups excluding carboxylic acids is 1. The first kappa shape index (κ1) is 14.7. The van der Waals surface area contributed by atoms with E-state index in [1.165, 1.54) is 11.3 Å². The van der Waals surface area contributed by atoms with E-state index in [-0.39, 0.29) is 0 Å². The Kier molecular flexibility index (Phi) is 3.65. The Morgan fingerprint density at radius 3 is 2.50 bits per heavy atom. The molecule has 0 radical (unpaired) electrons. The second-order valence-corrected chi connectivity index (χ2v) is 6.75. The van der Waals surface area contributed by atoms with Crippen molar-refractivity contribution in [3.05, 3.63) is 28.3 Å². The molecule has 0 aliphatic rings. The highest BCUT2D eigenvalue weighted by Gasteiger charge is 2.25. The van der Waals surface area contributed by atoms with Crippen LogP contribution in [0.15, 0.2) is 16.7 Å². The van der Waals surface area contributed by atoms with Crippen molar-refractivity contribution in [2.24, 2.45) is 0 Å². The summed E-state index contributed by atoms with van der Waals surface area (Å²) in [6, 6.07) is 1.89. The largest absolute Gasteiger partial charge is 0.463 e. The Balaban J connectivity index is 2.43. The van der Waals surface area contributed by atoms with Crippen molar-refractivity contribution in [3.63, 3.8) is 0 Å². The minimum atomic E-state index is -0.540. The van der Waals surface area contributed by atoms with Gasteiger partial charge in [0, 0.05) is 0 Å². The normalized spacial score (nSPS) is 11.7. The summed E-state index contributed by atoms with van der Waals surface area (Å²) in [5.74, 6) is 0.368. The van der Waals surface area contributed by atoms with Crippen molar-refractivity contribution in [1.29, 1.82) is 0 Å². The summed E-state index contributed by atoms with van der Waals surface area (Å²) in [7, 11) is 0. The van der Waals surface area contributed by atoms with Gasteiger partial charge in [-0.3, -0.25) is 0 Å². The number of anilines is 1. The topological polar surface area (TPSA) is 65.5 Å². The minimum Gasteiger partial charge on any atom is -0.463 e. The zero-order valence-electron chi connectivity index (χ0n) is 12.4. The van der Waals surface area contributed by atoms with E-state index >= 15 is 0 Å². The van der Waals surface area contributed by atoms with Gasteiger partial charge in [0.25, 0.3) is 0 Å². The molecule has 2 rings (SSSR count). The number of carbonyl (C=O) groups is 1. The van der Waals surface area contributed by atoms with Crippen LogP contribution in [0.1, 0.15) is 41.6 Å². The van der Waals surface area contributed by atoms with E-state index < -0.39 is 11.6 Å². The van der Waals surface area contributed by atoms with Gasteiger partial charge >= 0.3 is 5.97 Å². The third-order valence-electron chi connectivity index (χ3n) is 2.85. The molecule has 0 bridgehead atoms. The number of nitrogens with two attached hydrogens (primary N) is 1. The molecule has 0 unspecified atom stereocenters. The summed E-state index contributed by atoms with van der Waals surface area (Å²) in [5, 5.41) is 0. The van der Waals surface area contributed by atoms with Gasteiger partial charge in [0.05, 0.1) is 16.8 Å². The van der Waals surface area contributed by atoms with Crippen LogP contribution in [0.3, 0.4) is 0 Å². The van der Waals surface area contributed by atoms with Gasteiger partial charge < -0.3 is 14.9 Å². The lowest BCUT2D eigenvalue weighted by Crippen LogP contribution is -2.23. The highest BCUT2D eigenvalue weighted by atomic mass is 32.1. The predicted octanol–water partition coefficient (Wildman–Crippen LogP) is 4.16. The van der Waals surface area contributed by atoms with Crippen LogP contribution in [0.2, 0.25) is 0 Å². The molecule has 108 valence electrons. The van der Waals surface area contributed by atoms with Crippen molar-refractivity contribution in [2.75, 3.05) is 5.73 Å². The van der Waals surface area contributed by atoms with Gasteiger partial charge in [0.15, 0.2) is 0 Å². The van der Waals surface area contributed by atoms with Crippen LogP contribution < -0.4 is 5.73 Å². The highest BCUT2D eigenvalue weighted by molar-refractivity contribution is 7.18. The van der Waals surface area contributed by atoms with Crippen LogP contribution in [-0.2, 0) is 4.74 Å². The number of nitrogen functional groups attached to an aromatic ring is 1. The van der Waals surface area contributed by atoms with E-state index in [9.17, 15) is 4.79 Å². The third kappa shape index (κ3) is 2.72. The maximum Gasteiger partial charge on any atom is 0.351 e. The molecule has 0 aliphatic carbocycles. The number of aryl methyl sites for hydroxylation is 1. The van der Waals surface area contributed by atoms with E-state index in [0.717, 1.165) is 21.8 Å². The monoisotopic (exact) mass is 293 g/mol. The fourth-order valence-electron chi connectivity index (χ4n) is 1.82. The molecule has 0 aromatic carbocycles. The van der Waals surface area contributed by atoms with Crippen LogP contribution in [0.5, 0.6) is 0 Å². The van der Waals surface area contributed by atoms with Crippen LogP contribution in [0.4, 0.5) is 5.69 Å². The average molecular weight is 293 g/mol. The van der Waals surface area contributed by atoms with Crippen LogP contribution in [-0.4, -0.2) is 11.6 Å². The van der Waals surface area contributed by atoms with E-state index in [1.807, 2.05) is 40.7 Å². The molecule has 4 nitrogen and oxygen atoms in total. The fourth-order valence-corrected chi connectivity index (χ4v) is 2.98. The quantitative estimate of drug-likeness (QED) is 0.844. The first-order chi connectivity index (χ1) is 9.20. The molecule has 0 fully saturated rings. The number of hydrogen-bond acceptors (Lipinski definition) is 5. The Labute approximate surface area is 122 Å². The Morgan fingerprint density at radius 2 is 2.00 bits per heavy atom. The summed E-state index contributed by atoms with van der Waals surface area (Å²) in [6.07, 6.45) is 1.63. The molecule has 0 atom stereocenters. The summed E-state index contributed by atoms with van der Waals surface area (Å²) < 4.78 is 10.9. The SMILES string of the molecule is Cc1ccoc1-c1sc(C(=O)OC(C)(C)C)c(N)c1C. The summed E-state index contributed by atoms with van der Waals surface area (Å²) in [5.41, 5.74) is 7.85. The summed E-state index contributed by atoms with van der Waals surface area (Å²) in [4.78, 5) is 13.5. The molecule has 0 spiro atoms. The second-order valence-electron chi connectivity index (χ2n) is 5.73. The number of esters is 1. The van der Waals surface area contributed by atoms with Gasteiger partial charge in [0.1, 0.15) is 16.2 Å². The predicted molar refractivity (Wildman–Crippen MR) is 81.1 cm³/mol. The van der Waals surface area contributed by atoms with Gasteiger partial charge in [-0.2, -0.15) is 0 Å². The molecule has 20 heavy (non-hydrogen) atoms. The number of rotatable bonds is 2. The van der Waals surface area contributed by atoms with Gasteiger partial charge in [-0.05, 0) is 51.8 Å². The average Bonchev–Trinajstić information content (AvgIpc) is 2.83. The maximum atomic E-state index is 12.2. The smallest absolute Gasteiger partial charge is 0.351 e. The zero-order chi connectivity index (χ0) is 15.1. The molecule has 0 aliphatic heterocycles. The molecule has 2 N–H and O–H groups in total. The molecule has 2 aromatic rings. The summed E-state index contributed by atoms with van der Waals surface area (Å²) in [6.45, 7) is 9.34. The number of hydrogen-bond donors (Lipinski definition) is 1. The lowest BCUT2D eigenvalue weighted by atomic mass is 10.1. The Morgan fingerprint density at radius 1 is 1.35 bits per heavy atom. The number of thiophene rings is 1. The minimum absolute atomic E-state index is 0.390. The molecule has 0 saturated carbocycles. The van der Waals surface area contributed by atoms with Crippen molar-refractivity contribution in [1.82, 2.24) is 0 Å². The highest BCUT2D eigenvalue weighted by Crippen LogP contribution is 2.40. The second kappa shape index (κ2) is 4.98. The first-order valence-corrected chi connectivity index (χ1v) is 7.19. The Hall–Kier alpha value is -1.75. The van der Waals surface area contributed by atoms with Gasteiger partial charge in [-0.15, -0.1) is 11.3 Å². The molecule has 5 heteroatoms. The molecular formula is C15H19NO3S.